The number of aryl methyl sites for hydroxylation is 1. The van der Waals surface area contributed by atoms with Gasteiger partial charge in [-0.2, -0.15) is 0 Å². The molecule has 0 radical (unpaired) electrons. The summed E-state index contributed by atoms with van der Waals surface area (Å²) in [7, 11) is 0. The lowest BCUT2D eigenvalue weighted by molar-refractivity contribution is 0.627. The summed E-state index contributed by atoms with van der Waals surface area (Å²) in [5, 5.41) is 12.1. The van der Waals surface area contributed by atoms with Gasteiger partial charge in [-0.05, 0) is 37.1 Å². The van der Waals surface area contributed by atoms with Crippen LogP contribution in [0.4, 0.5) is 4.39 Å². The lowest BCUT2D eigenvalue weighted by Crippen LogP contribution is -1.99. The maximum Gasteiger partial charge on any atom is 0.191 e. The third-order valence-electron chi connectivity index (χ3n) is 3.67. The Kier molecular flexibility index (Phi) is 5.58. The van der Waals surface area contributed by atoms with Crippen molar-refractivity contribution >= 4 is 34.7 Å². The number of rotatable bonds is 6. The van der Waals surface area contributed by atoms with Gasteiger partial charge < -0.3 is 4.57 Å². The molecule has 0 amide bonds. The molecule has 0 saturated heterocycles. The summed E-state index contributed by atoms with van der Waals surface area (Å²) in [5.41, 5.74) is 2.00. The average Bonchev–Trinajstić information content (AvgIpc) is 3.20. The Morgan fingerprint density at radius 1 is 1.25 bits per heavy atom. The van der Waals surface area contributed by atoms with Crippen LogP contribution in [0.1, 0.15) is 24.3 Å². The van der Waals surface area contributed by atoms with Crippen molar-refractivity contribution < 1.29 is 4.39 Å². The van der Waals surface area contributed by atoms with Crippen molar-refractivity contribution in [2.45, 2.75) is 37.7 Å². The molecule has 0 fully saturated rings. The summed E-state index contributed by atoms with van der Waals surface area (Å²) in [6, 6.07) is 6.65. The van der Waals surface area contributed by atoms with Crippen LogP contribution in [0.25, 0.3) is 11.4 Å². The van der Waals surface area contributed by atoms with Crippen LogP contribution in [-0.2, 0) is 18.7 Å². The molecular weight excluding hydrogens is 365 g/mol. The monoisotopic (exact) mass is 381 g/mol. The molecule has 24 heavy (non-hydrogen) atoms. The lowest BCUT2D eigenvalue weighted by Gasteiger charge is -2.07. The topological polar surface area (TPSA) is 30.7 Å². The Hall–Kier alpha value is -1.37. The van der Waals surface area contributed by atoms with Crippen LogP contribution >= 0.6 is 34.7 Å². The van der Waals surface area contributed by atoms with Crippen molar-refractivity contribution in [3.8, 4) is 11.4 Å². The van der Waals surface area contributed by atoms with Crippen LogP contribution in [0.3, 0.4) is 0 Å². The highest BCUT2D eigenvalue weighted by atomic mass is 35.5. The van der Waals surface area contributed by atoms with E-state index < -0.39 is 0 Å². The normalized spacial score (nSPS) is 11.2. The van der Waals surface area contributed by atoms with Gasteiger partial charge >= 0.3 is 0 Å². The molecular formula is C17H17ClFN3S2. The van der Waals surface area contributed by atoms with E-state index in [4.69, 9.17) is 11.6 Å². The summed E-state index contributed by atoms with van der Waals surface area (Å²) >= 11 is 9.40. The first-order valence-corrected chi connectivity index (χ1v) is 9.94. The van der Waals surface area contributed by atoms with Crippen molar-refractivity contribution in [3.63, 3.8) is 0 Å². The fraction of sp³-hybridized carbons (Fsp3) is 0.294. The summed E-state index contributed by atoms with van der Waals surface area (Å²) in [6.07, 6.45) is 1.02. The fourth-order valence-electron chi connectivity index (χ4n) is 2.36. The Bertz CT molecular complexity index is 844. The van der Waals surface area contributed by atoms with E-state index in [-0.39, 0.29) is 5.82 Å². The molecule has 3 nitrogen and oxygen atoms in total. The first-order chi connectivity index (χ1) is 11.6. The predicted octanol–water partition coefficient (Wildman–Crippen LogP) is 5.67. The third kappa shape index (κ3) is 3.66. The van der Waals surface area contributed by atoms with Gasteiger partial charge in [0, 0.05) is 33.1 Å². The van der Waals surface area contributed by atoms with Crippen molar-refractivity contribution in [2.24, 2.45) is 0 Å². The highest BCUT2D eigenvalue weighted by Gasteiger charge is 2.15. The summed E-state index contributed by atoms with van der Waals surface area (Å²) in [5.74, 6) is 1.19. The standard InChI is InChI=1S/C17H17ClFN3S2/c1-3-14-7-12(10-23-14)16-20-21-17(22(16)4-2)24-9-11-5-6-13(19)8-15(11)18/h5-8,10H,3-4,9H2,1-2H3. The van der Waals surface area contributed by atoms with Crippen molar-refractivity contribution in [1.29, 1.82) is 0 Å². The molecule has 0 unspecified atom stereocenters. The molecule has 7 heteroatoms. The molecule has 126 valence electrons. The first-order valence-electron chi connectivity index (χ1n) is 7.70. The van der Waals surface area contributed by atoms with Gasteiger partial charge in [0.25, 0.3) is 0 Å². The van der Waals surface area contributed by atoms with Gasteiger partial charge in [0.2, 0.25) is 0 Å². The van der Waals surface area contributed by atoms with E-state index in [0.29, 0.717) is 10.8 Å². The molecule has 0 spiro atoms. The van der Waals surface area contributed by atoms with Crippen molar-refractivity contribution in [2.75, 3.05) is 0 Å². The second-order valence-electron chi connectivity index (χ2n) is 5.23. The number of halogens is 2. The highest BCUT2D eigenvalue weighted by molar-refractivity contribution is 7.98. The molecule has 1 aromatic carbocycles. The summed E-state index contributed by atoms with van der Waals surface area (Å²) < 4.78 is 15.2. The van der Waals surface area contributed by atoms with E-state index in [0.717, 1.165) is 35.1 Å². The quantitative estimate of drug-likeness (QED) is 0.515. The van der Waals surface area contributed by atoms with E-state index >= 15 is 0 Å². The molecule has 0 atom stereocenters. The van der Waals surface area contributed by atoms with Gasteiger partial charge in [-0.25, -0.2) is 4.39 Å². The molecule has 0 aliphatic carbocycles. The molecule has 3 rings (SSSR count). The second-order valence-corrected chi connectivity index (χ2v) is 7.58. The molecule has 0 N–H and O–H groups in total. The maximum absolute atomic E-state index is 13.1. The number of thiophene rings is 1. The van der Waals surface area contributed by atoms with Gasteiger partial charge in [0.15, 0.2) is 11.0 Å². The molecule has 0 aliphatic heterocycles. The zero-order valence-electron chi connectivity index (χ0n) is 13.4. The third-order valence-corrected chi connectivity index (χ3v) is 6.11. The molecule has 0 saturated carbocycles. The average molecular weight is 382 g/mol. The Morgan fingerprint density at radius 2 is 2.08 bits per heavy atom. The number of nitrogens with zero attached hydrogens (tertiary/aromatic N) is 3. The van der Waals surface area contributed by atoms with Gasteiger partial charge in [0.05, 0.1) is 0 Å². The number of aromatic nitrogens is 3. The minimum Gasteiger partial charge on any atom is -0.302 e. The molecule has 2 aromatic heterocycles. The minimum absolute atomic E-state index is 0.322. The smallest absolute Gasteiger partial charge is 0.191 e. The van der Waals surface area contributed by atoms with Gasteiger partial charge in [-0.1, -0.05) is 36.4 Å². The Labute approximate surface area is 153 Å². The lowest BCUT2D eigenvalue weighted by atomic mass is 10.2. The van der Waals surface area contributed by atoms with Crippen LogP contribution in [0.2, 0.25) is 5.02 Å². The number of hydrogen-bond donors (Lipinski definition) is 0. The molecule has 2 heterocycles. The van der Waals surface area contributed by atoms with Crippen LogP contribution in [-0.4, -0.2) is 14.8 Å². The van der Waals surface area contributed by atoms with Crippen molar-refractivity contribution in [1.82, 2.24) is 14.8 Å². The molecule has 0 bridgehead atoms. The van der Waals surface area contributed by atoms with Crippen LogP contribution < -0.4 is 0 Å². The fourth-order valence-corrected chi connectivity index (χ4v) is 4.49. The number of benzene rings is 1. The predicted molar refractivity (Wildman–Crippen MR) is 99.4 cm³/mol. The Morgan fingerprint density at radius 3 is 2.75 bits per heavy atom. The molecule has 3 aromatic rings. The van der Waals surface area contributed by atoms with E-state index in [1.807, 2.05) is 0 Å². The highest BCUT2D eigenvalue weighted by Crippen LogP contribution is 2.30. The zero-order chi connectivity index (χ0) is 17.1. The maximum atomic E-state index is 13.1. The SMILES string of the molecule is CCc1cc(-c2nnc(SCc3ccc(F)cc3Cl)n2CC)cs1. The first kappa shape index (κ1) is 17.5. The van der Waals surface area contributed by atoms with Crippen LogP contribution in [0.5, 0.6) is 0 Å². The van der Waals surface area contributed by atoms with Gasteiger partial charge in [0.1, 0.15) is 5.82 Å². The van der Waals surface area contributed by atoms with Gasteiger partial charge in [-0.3, -0.25) is 0 Å². The summed E-state index contributed by atoms with van der Waals surface area (Å²) in [4.78, 5) is 1.34. The van der Waals surface area contributed by atoms with Crippen molar-refractivity contribution in [3.05, 3.63) is 50.9 Å². The second kappa shape index (κ2) is 7.68. The molecule has 0 aliphatic rings. The minimum atomic E-state index is -0.322. The van der Waals surface area contributed by atoms with Gasteiger partial charge in [-0.15, -0.1) is 21.5 Å². The van der Waals surface area contributed by atoms with E-state index in [1.165, 1.54) is 17.0 Å². The number of thioether (sulfide) groups is 1. The largest absolute Gasteiger partial charge is 0.302 e. The van der Waals surface area contributed by atoms with E-state index in [2.05, 4.69) is 40.1 Å². The van der Waals surface area contributed by atoms with Crippen LogP contribution in [0.15, 0.2) is 34.8 Å². The number of hydrogen-bond acceptors (Lipinski definition) is 4. The van der Waals surface area contributed by atoms with E-state index in [1.54, 1.807) is 29.2 Å². The summed E-state index contributed by atoms with van der Waals surface area (Å²) in [6.45, 7) is 5.02. The Balaban J connectivity index is 1.81. The zero-order valence-corrected chi connectivity index (χ0v) is 15.8. The van der Waals surface area contributed by atoms with Crippen LogP contribution in [0, 0.1) is 5.82 Å². The van der Waals surface area contributed by atoms with E-state index in [9.17, 15) is 4.39 Å².